The Balaban J connectivity index is 1.68. The van der Waals surface area contributed by atoms with Crippen LogP contribution in [0.15, 0.2) is 78.9 Å². The average Bonchev–Trinajstić information content (AvgIpc) is 2.97. The van der Waals surface area contributed by atoms with Gasteiger partial charge in [0.15, 0.2) is 5.60 Å². The third-order valence-corrected chi connectivity index (χ3v) is 5.39. The van der Waals surface area contributed by atoms with Gasteiger partial charge in [-0.15, -0.1) is 0 Å². The molecule has 5 nitrogen and oxygen atoms in total. The second-order valence-corrected chi connectivity index (χ2v) is 7.28. The number of aliphatic hydroxyl groups is 1. The molecule has 0 radical (unpaired) electrons. The van der Waals surface area contributed by atoms with Crippen molar-refractivity contribution < 1.29 is 14.7 Å². The molecule has 1 aliphatic rings. The number of carbonyl (C=O) groups excluding carboxylic acids is 2. The third kappa shape index (κ3) is 3.09. The van der Waals surface area contributed by atoms with Gasteiger partial charge in [0.25, 0.3) is 5.91 Å². The number of rotatable bonds is 4. The summed E-state index contributed by atoms with van der Waals surface area (Å²) in [4.78, 5) is 29.2. The summed E-state index contributed by atoms with van der Waals surface area (Å²) < 4.78 is 0. The summed E-state index contributed by atoms with van der Waals surface area (Å²) in [7, 11) is 1.69. The van der Waals surface area contributed by atoms with Gasteiger partial charge in [0.2, 0.25) is 5.91 Å². The van der Waals surface area contributed by atoms with Crippen molar-refractivity contribution in [2.45, 2.75) is 12.5 Å². The molecule has 1 aliphatic heterocycles. The highest BCUT2D eigenvalue weighted by atomic mass is 16.3. The van der Waals surface area contributed by atoms with Crippen LogP contribution in [0.3, 0.4) is 0 Å². The first kappa shape index (κ1) is 18.9. The summed E-state index contributed by atoms with van der Waals surface area (Å²) in [6, 6.07) is 23.5. The molecular formula is C24H22N2O3. The molecule has 0 aliphatic carbocycles. The minimum atomic E-state index is -1.81. The lowest BCUT2D eigenvalue weighted by Gasteiger charge is -2.25. The molecule has 3 aromatic carbocycles. The second-order valence-electron chi connectivity index (χ2n) is 7.28. The Hall–Kier alpha value is -3.44. The fourth-order valence-electron chi connectivity index (χ4n) is 3.77. The molecule has 0 aromatic heterocycles. The van der Waals surface area contributed by atoms with Gasteiger partial charge in [-0.25, -0.2) is 0 Å². The van der Waals surface area contributed by atoms with Gasteiger partial charge in [0, 0.05) is 18.3 Å². The van der Waals surface area contributed by atoms with Crippen LogP contribution in [0.1, 0.15) is 16.7 Å². The van der Waals surface area contributed by atoms with Crippen molar-refractivity contribution in [2.75, 3.05) is 23.4 Å². The number of benzene rings is 3. The molecular weight excluding hydrogens is 364 g/mol. The smallest absolute Gasteiger partial charge is 0.268 e. The average molecular weight is 386 g/mol. The number of fused-ring (bicyclic) bond motifs is 1. The Bertz CT molecular complexity index is 1080. The van der Waals surface area contributed by atoms with Gasteiger partial charge >= 0.3 is 0 Å². The van der Waals surface area contributed by atoms with Crippen LogP contribution in [0.2, 0.25) is 0 Å². The predicted octanol–water partition coefficient (Wildman–Crippen LogP) is 3.24. The number of amides is 2. The first-order chi connectivity index (χ1) is 13.9. The lowest BCUT2D eigenvalue weighted by molar-refractivity contribution is -0.133. The summed E-state index contributed by atoms with van der Waals surface area (Å²) in [6.45, 7) is 1.80. The van der Waals surface area contributed by atoms with E-state index < -0.39 is 11.5 Å². The largest absolute Gasteiger partial charge is 0.372 e. The molecule has 0 spiro atoms. The summed E-state index contributed by atoms with van der Waals surface area (Å²) >= 11 is 0. The molecule has 1 atom stereocenters. The van der Waals surface area contributed by atoms with Crippen molar-refractivity contribution in [3.8, 4) is 0 Å². The van der Waals surface area contributed by atoms with Crippen LogP contribution in [-0.2, 0) is 15.2 Å². The molecule has 0 saturated carbocycles. The van der Waals surface area contributed by atoms with E-state index in [0.717, 1.165) is 11.3 Å². The van der Waals surface area contributed by atoms with Gasteiger partial charge in [0.05, 0.1) is 5.69 Å². The van der Waals surface area contributed by atoms with Crippen molar-refractivity contribution in [2.24, 2.45) is 0 Å². The summed E-state index contributed by atoms with van der Waals surface area (Å²) in [5, 5.41) is 11.4. The first-order valence-electron chi connectivity index (χ1n) is 9.45. The normalized spacial score (nSPS) is 17.9. The molecule has 2 amide bonds. The van der Waals surface area contributed by atoms with E-state index in [2.05, 4.69) is 0 Å². The van der Waals surface area contributed by atoms with Crippen LogP contribution >= 0.6 is 0 Å². The van der Waals surface area contributed by atoms with Crippen molar-refractivity contribution in [1.29, 1.82) is 0 Å². The number of para-hydroxylation sites is 1. The van der Waals surface area contributed by atoms with Crippen LogP contribution in [-0.4, -0.2) is 30.5 Å². The third-order valence-electron chi connectivity index (χ3n) is 5.39. The van der Waals surface area contributed by atoms with E-state index in [4.69, 9.17) is 0 Å². The van der Waals surface area contributed by atoms with E-state index in [1.807, 2.05) is 37.3 Å². The van der Waals surface area contributed by atoms with E-state index in [0.29, 0.717) is 16.8 Å². The minimum absolute atomic E-state index is 0.157. The second kappa shape index (κ2) is 7.18. The Morgan fingerprint density at radius 3 is 2.41 bits per heavy atom. The predicted molar refractivity (Wildman–Crippen MR) is 113 cm³/mol. The zero-order valence-electron chi connectivity index (χ0n) is 16.4. The monoisotopic (exact) mass is 386 g/mol. The highest BCUT2D eigenvalue weighted by Crippen LogP contribution is 2.44. The fourth-order valence-corrected chi connectivity index (χ4v) is 3.77. The van der Waals surface area contributed by atoms with Crippen molar-refractivity contribution >= 4 is 23.2 Å². The fraction of sp³-hybridized carbons (Fsp3) is 0.167. The van der Waals surface area contributed by atoms with E-state index in [1.54, 1.807) is 55.6 Å². The molecule has 0 bridgehead atoms. The van der Waals surface area contributed by atoms with E-state index >= 15 is 0 Å². The standard InChI is InChI=1S/C24H22N2O3/c1-17-9-8-12-19(15-17)25(2)22(27)16-26-21-14-7-6-13-20(21)24(29,23(26)28)18-10-4-3-5-11-18/h3-15,29H,16H2,1-2H3. The van der Waals surface area contributed by atoms with Gasteiger partial charge < -0.3 is 10.0 Å². The van der Waals surface area contributed by atoms with Gasteiger partial charge in [-0.3, -0.25) is 14.5 Å². The van der Waals surface area contributed by atoms with Crippen LogP contribution in [0.4, 0.5) is 11.4 Å². The number of nitrogens with zero attached hydrogens (tertiary/aromatic N) is 2. The molecule has 5 heteroatoms. The maximum atomic E-state index is 13.3. The molecule has 29 heavy (non-hydrogen) atoms. The van der Waals surface area contributed by atoms with Crippen molar-refractivity contribution in [1.82, 2.24) is 0 Å². The highest BCUT2D eigenvalue weighted by Gasteiger charge is 2.51. The number of likely N-dealkylation sites (N-methyl/N-ethyl adjacent to an activating group) is 1. The SMILES string of the molecule is Cc1cccc(N(C)C(=O)CN2C(=O)C(O)(c3ccccc3)c3ccccc32)c1. The molecule has 3 aromatic rings. The van der Waals surface area contributed by atoms with Crippen molar-refractivity contribution in [3.05, 3.63) is 95.6 Å². The Morgan fingerprint density at radius 2 is 1.69 bits per heavy atom. The number of aryl methyl sites for hydroxylation is 1. The molecule has 146 valence electrons. The van der Waals surface area contributed by atoms with E-state index in [1.165, 1.54) is 9.80 Å². The van der Waals surface area contributed by atoms with Gasteiger partial charge in [-0.05, 0) is 36.2 Å². The molecule has 0 fully saturated rings. The van der Waals surface area contributed by atoms with Crippen LogP contribution in [0.5, 0.6) is 0 Å². The lowest BCUT2D eigenvalue weighted by Crippen LogP contribution is -2.45. The molecule has 1 heterocycles. The van der Waals surface area contributed by atoms with Gasteiger partial charge in [-0.1, -0.05) is 60.7 Å². The van der Waals surface area contributed by atoms with Crippen LogP contribution < -0.4 is 9.80 Å². The summed E-state index contributed by atoms with van der Waals surface area (Å²) in [6.07, 6.45) is 0. The first-order valence-corrected chi connectivity index (χ1v) is 9.45. The van der Waals surface area contributed by atoms with Crippen molar-refractivity contribution in [3.63, 3.8) is 0 Å². The zero-order chi connectivity index (χ0) is 20.6. The van der Waals surface area contributed by atoms with Gasteiger partial charge in [-0.2, -0.15) is 0 Å². The quantitative estimate of drug-likeness (QED) is 0.749. The number of hydrogen-bond acceptors (Lipinski definition) is 3. The summed E-state index contributed by atoms with van der Waals surface area (Å²) in [5.74, 6) is -0.757. The lowest BCUT2D eigenvalue weighted by atomic mass is 9.88. The van der Waals surface area contributed by atoms with E-state index in [9.17, 15) is 14.7 Å². The maximum Gasteiger partial charge on any atom is 0.268 e. The highest BCUT2D eigenvalue weighted by molar-refractivity contribution is 6.12. The Kier molecular flexibility index (Phi) is 4.68. The Labute approximate surface area is 169 Å². The molecule has 1 N–H and O–H groups in total. The maximum absolute atomic E-state index is 13.3. The molecule has 4 rings (SSSR count). The number of carbonyl (C=O) groups is 2. The van der Waals surface area contributed by atoms with Gasteiger partial charge in [0.1, 0.15) is 6.54 Å². The molecule has 1 unspecified atom stereocenters. The Morgan fingerprint density at radius 1 is 1.00 bits per heavy atom. The zero-order valence-corrected chi connectivity index (χ0v) is 16.4. The van der Waals surface area contributed by atoms with Crippen LogP contribution in [0.25, 0.3) is 0 Å². The molecule has 0 saturated heterocycles. The minimum Gasteiger partial charge on any atom is -0.372 e. The summed E-state index contributed by atoms with van der Waals surface area (Å²) in [5.41, 5.74) is 1.52. The van der Waals surface area contributed by atoms with Crippen LogP contribution in [0, 0.1) is 6.92 Å². The topological polar surface area (TPSA) is 60.9 Å². The number of hydrogen-bond donors (Lipinski definition) is 1. The van der Waals surface area contributed by atoms with E-state index in [-0.39, 0.29) is 12.5 Å². The number of anilines is 2.